The summed E-state index contributed by atoms with van der Waals surface area (Å²) < 4.78 is 36.8. The van der Waals surface area contributed by atoms with Crippen LogP contribution in [0.4, 0.5) is 13.2 Å². The second kappa shape index (κ2) is 5.31. The van der Waals surface area contributed by atoms with Gasteiger partial charge in [-0.25, -0.2) is 0 Å². The van der Waals surface area contributed by atoms with Gasteiger partial charge in [0, 0.05) is 10.6 Å². The molecule has 0 bridgehead atoms. The molecule has 1 atom stereocenters. The van der Waals surface area contributed by atoms with Gasteiger partial charge in [0.15, 0.2) is 0 Å². The van der Waals surface area contributed by atoms with Crippen molar-refractivity contribution in [3.63, 3.8) is 0 Å². The number of hydrogen-bond acceptors (Lipinski definition) is 2. The maximum absolute atomic E-state index is 12.3. The van der Waals surface area contributed by atoms with E-state index in [1.54, 1.807) is 0 Å². The molecule has 0 radical (unpaired) electrons. The first-order chi connectivity index (χ1) is 6.73. The number of aromatic hydroxyl groups is 1. The first kappa shape index (κ1) is 15.6. The van der Waals surface area contributed by atoms with Crippen molar-refractivity contribution >= 4 is 35.6 Å². The van der Waals surface area contributed by atoms with Crippen LogP contribution in [-0.4, -0.2) is 11.3 Å². The highest BCUT2D eigenvalue weighted by Crippen LogP contribution is 2.39. The van der Waals surface area contributed by atoms with Gasteiger partial charge >= 0.3 is 6.18 Å². The predicted octanol–water partition coefficient (Wildman–Crippen LogP) is 3.68. The first-order valence-electron chi connectivity index (χ1n) is 3.73. The average molecular weight is 297 g/mol. The summed E-state index contributed by atoms with van der Waals surface area (Å²) in [6.07, 6.45) is -4.66. The zero-order valence-electron chi connectivity index (χ0n) is 7.55. The Morgan fingerprint density at radius 1 is 1.25 bits per heavy atom. The fourth-order valence-corrected chi connectivity index (χ4v) is 1.51. The molecule has 0 saturated heterocycles. The van der Waals surface area contributed by atoms with Crippen molar-refractivity contribution in [3.8, 4) is 5.75 Å². The van der Waals surface area contributed by atoms with Crippen molar-refractivity contribution in [1.29, 1.82) is 0 Å². The number of phenols is 1. The van der Waals surface area contributed by atoms with E-state index in [2.05, 4.69) is 0 Å². The van der Waals surface area contributed by atoms with Gasteiger partial charge in [-0.1, -0.05) is 23.2 Å². The molecule has 0 aliphatic carbocycles. The zero-order chi connectivity index (χ0) is 11.8. The lowest BCUT2D eigenvalue weighted by molar-refractivity contribution is -0.149. The maximum atomic E-state index is 12.3. The van der Waals surface area contributed by atoms with Gasteiger partial charge in [0.25, 0.3) is 0 Å². The van der Waals surface area contributed by atoms with Crippen LogP contribution in [-0.2, 0) is 0 Å². The van der Waals surface area contributed by atoms with Gasteiger partial charge in [0.1, 0.15) is 11.8 Å². The molecule has 0 unspecified atom stereocenters. The SMILES string of the molecule is Cl.N[C@@H](c1cc(Cl)cc(Cl)c1O)C(F)(F)F. The molecule has 3 N–H and O–H groups in total. The minimum absolute atomic E-state index is 0. The van der Waals surface area contributed by atoms with Gasteiger partial charge in [-0.15, -0.1) is 12.4 Å². The van der Waals surface area contributed by atoms with Crippen molar-refractivity contribution in [2.75, 3.05) is 0 Å². The van der Waals surface area contributed by atoms with Crippen LogP contribution in [0, 0.1) is 0 Å². The molecule has 0 amide bonds. The van der Waals surface area contributed by atoms with E-state index in [1.165, 1.54) is 0 Å². The van der Waals surface area contributed by atoms with Crippen molar-refractivity contribution < 1.29 is 18.3 Å². The van der Waals surface area contributed by atoms with E-state index in [0.717, 1.165) is 12.1 Å². The summed E-state index contributed by atoms with van der Waals surface area (Å²) in [4.78, 5) is 0. The highest BCUT2D eigenvalue weighted by atomic mass is 35.5. The largest absolute Gasteiger partial charge is 0.506 e. The van der Waals surface area contributed by atoms with Gasteiger partial charge < -0.3 is 10.8 Å². The number of benzene rings is 1. The second-order valence-electron chi connectivity index (χ2n) is 2.84. The molecule has 8 heteroatoms. The summed E-state index contributed by atoms with van der Waals surface area (Å²) in [6, 6.07) is -0.250. The van der Waals surface area contributed by atoms with Crippen molar-refractivity contribution in [1.82, 2.24) is 0 Å². The fourth-order valence-electron chi connectivity index (χ4n) is 0.999. The first-order valence-corrected chi connectivity index (χ1v) is 4.49. The molecule has 0 fully saturated rings. The Kier molecular flexibility index (Phi) is 5.19. The van der Waals surface area contributed by atoms with E-state index in [0.29, 0.717) is 0 Å². The van der Waals surface area contributed by atoms with Crippen LogP contribution < -0.4 is 5.73 Å². The number of hydrogen-bond donors (Lipinski definition) is 2. The highest BCUT2D eigenvalue weighted by Gasteiger charge is 2.39. The predicted molar refractivity (Wildman–Crippen MR) is 58.4 cm³/mol. The monoisotopic (exact) mass is 295 g/mol. The molecule has 0 heterocycles. The van der Waals surface area contributed by atoms with Crippen molar-refractivity contribution in [3.05, 3.63) is 27.7 Å². The van der Waals surface area contributed by atoms with E-state index < -0.39 is 23.5 Å². The van der Waals surface area contributed by atoms with Gasteiger partial charge in [-0.3, -0.25) is 0 Å². The quantitative estimate of drug-likeness (QED) is 0.830. The fraction of sp³-hybridized carbons (Fsp3) is 0.250. The van der Waals surface area contributed by atoms with E-state index in [1.807, 2.05) is 0 Å². The van der Waals surface area contributed by atoms with Crippen LogP contribution in [0.25, 0.3) is 0 Å². The molecule has 0 aromatic heterocycles. The maximum Gasteiger partial charge on any atom is 0.407 e. The van der Waals surface area contributed by atoms with Gasteiger partial charge in [0.2, 0.25) is 0 Å². The number of rotatable bonds is 1. The standard InChI is InChI=1S/C8H6Cl2F3NO.ClH/c9-3-1-4(6(15)5(10)2-3)7(14)8(11,12)13;/h1-2,7,15H,14H2;1H/t7-;/m0./s1. The molecule has 2 nitrogen and oxygen atoms in total. The number of alkyl halides is 3. The van der Waals surface area contributed by atoms with Crippen LogP contribution in [0.5, 0.6) is 5.75 Å². The summed E-state index contributed by atoms with van der Waals surface area (Å²) in [5, 5.41) is 9.00. The van der Waals surface area contributed by atoms with E-state index in [-0.39, 0.29) is 22.5 Å². The molecule has 1 aromatic carbocycles. The Morgan fingerprint density at radius 2 is 1.75 bits per heavy atom. The summed E-state index contributed by atoms with van der Waals surface area (Å²) in [5.74, 6) is -0.703. The molecular weight excluding hydrogens is 289 g/mol. The summed E-state index contributed by atoms with van der Waals surface area (Å²) in [7, 11) is 0. The van der Waals surface area contributed by atoms with Crippen LogP contribution in [0.15, 0.2) is 12.1 Å². The van der Waals surface area contributed by atoms with E-state index in [9.17, 15) is 18.3 Å². The molecule has 0 aliphatic rings. The van der Waals surface area contributed by atoms with Gasteiger partial charge in [0.05, 0.1) is 5.02 Å². The molecule has 0 aliphatic heterocycles. The van der Waals surface area contributed by atoms with Crippen LogP contribution in [0.2, 0.25) is 10.0 Å². The third-order valence-electron chi connectivity index (χ3n) is 1.75. The van der Waals surface area contributed by atoms with Gasteiger partial charge in [-0.2, -0.15) is 13.2 Å². The van der Waals surface area contributed by atoms with Crippen molar-refractivity contribution in [2.24, 2.45) is 5.73 Å². The molecule has 16 heavy (non-hydrogen) atoms. The summed E-state index contributed by atoms with van der Waals surface area (Å²) in [5.41, 5.74) is 4.37. The normalized spacial score (nSPS) is 13.1. The van der Waals surface area contributed by atoms with E-state index >= 15 is 0 Å². The van der Waals surface area contributed by atoms with Gasteiger partial charge in [-0.05, 0) is 12.1 Å². The van der Waals surface area contributed by atoms with Crippen LogP contribution >= 0.6 is 35.6 Å². The minimum Gasteiger partial charge on any atom is -0.506 e. The minimum atomic E-state index is -4.66. The smallest absolute Gasteiger partial charge is 0.407 e. The summed E-state index contributed by atoms with van der Waals surface area (Å²) >= 11 is 11.0. The Labute approximate surface area is 106 Å². The molecule has 0 spiro atoms. The topological polar surface area (TPSA) is 46.2 Å². The lowest BCUT2D eigenvalue weighted by Gasteiger charge is -2.17. The zero-order valence-corrected chi connectivity index (χ0v) is 9.88. The Balaban J connectivity index is 0.00000225. The van der Waals surface area contributed by atoms with Crippen molar-refractivity contribution in [2.45, 2.75) is 12.2 Å². The van der Waals surface area contributed by atoms with E-state index in [4.69, 9.17) is 28.9 Å². The molecule has 0 saturated carbocycles. The second-order valence-corrected chi connectivity index (χ2v) is 3.69. The molecule has 92 valence electrons. The Bertz CT molecular complexity index is 384. The van der Waals surface area contributed by atoms with Crippen LogP contribution in [0.3, 0.4) is 0 Å². The molecule has 1 rings (SSSR count). The Morgan fingerprint density at radius 3 is 2.19 bits per heavy atom. The number of nitrogens with two attached hydrogens (primary N) is 1. The Hall–Kier alpha value is -0.360. The average Bonchev–Trinajstić information content (AvgIpc) is 2.08. The third-order valence-corrected chi connectivity index (χ3v) is 2.25. The summed E-state index contributed by atoms with van der Waals surface area (Å²) in [6.45, 7) is 0. The molecule has 1 aromatic rings. The number of halogens is 6. The third kappa shape index (κ3) is 3.31. The molecular formula is C8H7Cl3F3NO. The van der Waals surface area contributed by atoms with Crippen LogP contribution in [0.1, 0.15) is 11.6 Å². The number of phenolic OH excluding ortho intramolecular Hbond substituents is 1. The lowest BCUT2D eigenvalue weighted by Crippen LogP contribution is -2.28. The highest BCUT2D eigenvalue weighted by molar-refractivity contribution is 6.35. The lowest BCUT2D eigenvalue weighted by atomic mass is 10.1.